The van der Waals surface area contributed by atoms with E-state index in [1.54, 1.807) is 0 Å². The first-order valence-corrected chi connectivity index (χ1v) is 7.80. The molecule has 2 atom stereocenters. The monoisotopic (exact) mass is 260 g/mol. The van der Waals surface area contributed by atoms with Gasteiger partial charge in [-0.05, 0) is 50.5 Å². The van der Waals surface area contributed by atoms with Crippen LogP contribution in [-0.2, 0) is 6.42 Å². The molecular formula is C17H28N2. The van der Waals surface area contributed by atoms with Crippen molar-refractivity contribution >= 4 is 0 Å². The van der Waals surface area contributed by atoms with Gasteiger partial charge in [-0.3, -0.25) is 4.90 Å². The lowest BCUT2D eigenvalue weighted by atomic mass is 9.83. The molecule has 1 aromatic rings. The quantitative estimate of drug-likeness (QED) is 0.843. The number of nitrogens with zero attached hydrogens (tertiary/aromatic N) is 1. The fourth-order valence-electron chi connectivity index (χ4n) is 3.40. The highest BCUT2D eigenvalue weighted by atomic mass is 15.2. The van der Waals surface area contributed by atoms with Gasteiger partial charge in [-0.2, -0.15) is 0 Å². The number of fused-ring (bicyclic) bond motifs is 1. The van der Waals surface area contributed by atoms with Crippen molar-refractivity contribution in [3.63, 3.8) is 0 Å². The summed E-state index contributed by atoms with van der Waals surface area (Å²) in [5, 5.41) is 3.56. The van der Waals surface area contributed by atoms with Crippen molar-refractivity contribution in [1.82, 2.24) is 10.2 Å². The second-order valence-corrected chi connectivity index (χ2v) is 5.55. The highest BCUT2D eigenvalue weighted by Gasteiger charge is 2.31. The minimum atomic E-state index is 0.488. The summed E-state index contributed by atoms with van der Waals surface area (Å²) in [6.07, 6.45) is 5.09. The summed E-state index contributed by atoms with van der Waals surface area (Å²) in [5.74, 6) is 0. The number of unbranched alkanes of at least 4 members (excludes halogenated alkanes) is 1. The van der Waals surface area contributed by atoms with Crippen LogP contribution < -0.4 is 5.32 Å². The van der Waals surface area contributed by atoms with Gasteiger partial charge in [0.15, 0.2) is 0 Å². The molecule has 0 amide bonds. The maximum atomic E-state index is 3.56. The smallest absolute Gasteiger partial charge is 0.0478 e. The summed E-state index contributed by atoms with van der Waals surface area (Å²) in [4.78, 5) is 2.67. The first-order chi connectivity index (χ1) is 9.31. The molecular weight excluding hydrogens is 232 g/mol. The lowest BCUT2D eigenvalue weighted by Crippen LogP contribution is -2.46. The van der Waals surface area contributed by atoms with Gasteiger partial charge in [-0.15, -0.1) is 0 Å². The van der Waals surface area contributed by atoms with Crippen LogP contribution in [0.25, 0.3) is 0 Å². The average Bonchev–Trinajstić information content (AvgIpc) is 2.47. The van der Waals surface area contributed by atoms with Crippen molar-refractivity contribution in [3.05, 3.63) is 35.4 Å². The van der Waals surface area contributed by atoms with Gasteiger partial charge in [0.25, 0.3) is 0 Å². The predicted molar refractivity (Wildman–Crippen MR) is 82.5 cm³/mol. The third-order valence-electron chi connectivity index (χ3n) is 4.47. The van der Waals surface area contributed by atoms with E-state index < -0.39 is 0 Å². The average molecular weight is 260 g/mol. The maximum absolute atomic E-state index is 3.56. The summed E-state index contributed by atoms with van der Waals surface area (Å²) in [6, 6.07) is 10.1. The number of hydrogen-bond donors (Lipinski definition) is 1. The highest BCUT2D eigenvalue weighted by molar-refractivity contribution is 5.33. The van der Waals surface area contributed by atoms with Gasteiger partial charge in [-0.25, -0.2) is 0 Å². The second kappa shape index (κ2) is 7.06. The van der Waals surface area contributed by atoms with Gasteiger partial charge in [0, 0.05) is 12.1 Å². The van der Waals surface area contributed by atoms with E-state index in [1.165, 1.54) is 43.4 Å². The Labute approximate surface area is 118 Å². The van der Waals surface area contributed by atoms with E-state index in [4.69, 9.17) is 0 Å². The molecule has 0 fully saturated rings. The molecule has 0 radical (unpaired) electrons. The molecule has 2 nitrogen and oxygen atoms in total. The molecule has 2 heteroatoms. The molecule has 2 rings (SSSR count). The number of nitrogens with one attached hydrogen (secondary N) is 1. The number of likely N-dealkylation sites (N-methyl/N-ethyl adjacent to an activating group) is 2. The van der Waals surface area contributed by atoms with Crippen LogP contribution in [0.4, 0.5) is 0 Å². The Morgan fingerprint density at radius 2 is 2.05 bits per heavy atom. The van der Waals surface area contributed by atoms with Crippen molar-refractivity contribution in [3.8, 4) is 0 Å². The fraction of sp³-hybridized carbons (Fsp3) is 0.647. The molecule has 106 valence electrons. The molecule has 0 saturated carbocycles. The SMILES string of the molecule is CCCCN(CC)C1CCc2ccccc2C1NC. The number of benzene rings is 1. The topological polar surface area (TPSA) is 15.3 Å². The number of hydrogen-bond acceptors (Lipinski definition) is 2. The zero-order valence-electron chi connectivity index (χ0n) is 12.7. The molecule has 19 heavy (non-hydrogen) atoms. The van der Waals surface area contributed by atoms with Crippen LogP contribution in [0.5, 0.6) is 0 Å². The summed E-state index contributed by atoms with van der Waals surface area (Å²) in [6.45, 7) is 6.96. The van der Waals surface area contributed by atoms with Crippen molar-refractivity contribution in [1.29, 1.82) is 0 Å². The van der Waals surface area contributed by atoms with E-state index >= 15 is 0 Å². The Balaban J connectivity index is 2.18. The molecule has 1 N–H and O–H groups in total. The Hall–Kier alpha value is -0.860. The Morgan fingerprint density at radius 1 is 1.26 bits per heavy atom. The van der Waals surface area contributed by atoms with Crippen LogP contribution in [-0.4, -0.2) is 31.1 Å². The molecule has 0 aliphatic heterocycles. The molecule has 1 aliphatic rings. The van der Waals surface area contributed by atoms with Crippen molar-refractivity contribution in [2.45, 2.75) is 51.6 Å². The molecule has 1 aliphatic carbocycles. The molecule has 2 unspecified atom stereocenters. The van der Waals surface area contributed by atoms with Crippen LogP contribution >= 0.6 is 0 Å². The van der Waals surface area contributed by atoms with Crippen molar-refractivity contribution in [2.75, 3.05) is 20.1 Å². The van der Waals surface area contributed by atoms with Gasteiger partial charge in [0.05, 0.1) is 0 Å². The fourth-order valence-corrected chi connectivity index (χ4v) is 3.40. The third kappa shape index (κ3) is 3.18. The molecule has 0 heterocycles. The van der Waals surface area contributed by atoms with E-state index in [0.29, 0.717) is 12.1 Å². The highest BCUT2D eigenvalue weighted by Crippen LogP contribution is 2.32. The Kier molecular flexibility index (Phi) is 5.41. The molecule has 0 bridgehead atoms. The number of aryl methyl sites for hydroxylation is 1. The van der Waals surface area contributed by atoms with Crippen LogP contribution in [0.1, 0.15) is 50.3 Å². The van der Waals surface area contributed by atoms with Gasteiger partial charge >= 0.3 is 0 Å². The van der Waals surface area contributed by atoms with Crippen LogP contribution in [0.15, 0.2) is 24.3 Å². The maximum Gasteiger partial charge on any atom is 0.0478 e. The molecule has 0 saturated heterocycles. The first-order valence-electron chi connectivity index (χ1n) is 7.80. The Bertz CT molecular complexity index is 389. The van der Waals surface area contributed by atoms with E-state index in [-0.39, 0.29) is 0 Å². The van der Waals surface area contributed by atoms with Crippen molar-refractivity contribution in [2.24, 2.45) is 0 Å². The first kappa shape index (κ1) is 14.5. The van der Waals surface area contributed by atoms with E-state index in [1.807, 2.05) is 0 Å². The normalized spacial score (nSPS) is 22.5. The van der Waals surface area contributed by atoms with Crippen LogP contribution in [0, 0.1) is 0 Å². The van der Waals surface area contributed by atoms with Crippen LogP contribution in [0.3, 0.4) is 0 Å². The molecule has 0 spiro atoms. The standard InChI is InChI=1S/C17H28N2/c1-4-6-13-19(5-2)16-12-11-14-9-7-8-10-15(14)17(16)18-3/h7-10,16-18H,4-6,11-13H2,1-3H3. The predicted octanol–water partition coefficient (Wildman–Crippen LogP) is 3.38. The minimum Gasteiger partial charge on any atom is -0.312 e. The zero-order valence-corrected chi connectivity index (χ0v) is 12.7. The van der Waals surface area contributed by atoms with Gasteiger partial charge in [0.1, 0.15) is 0 Å². The van der Waals surface area contributed by atoms with E-state index in [9.17, 15) is 0 Å². The second-order valence-electron chi connectivity index (χ2n) is 5.55. The third-order valence-corrected chi connectivity index (χ3v) is 4.47. The summed E-state index contributed by atoms with van der Waals surface area (Å²) < 4.78 is 0. The summed E-state index contributed by atoms with van der Waals surface area (Å²) >= 11 is 0. The lowest BCUT2D eigenvalue weighted by molar-refractivity contribution is 0.148. The van der Waals surface area contributed by atoms with E-state index in [2.05, 4.69) is 55.4 Å². The molecule has 1 aromatic carbocycles. The van der Waals surface area contributed by atoms with Gasteiger partial charge in [-0.1, -0.05) is 44.5 Å². The number of rotatable bonds is 6. The summed E-state index contributed by atoms with van der Waals surface area (Å²) in [7, 11) is 2.10. The molecule has 0 aromatic heterocycles. The lowest BCUT2D eigenvalue weighted by Gasteiger charge is -2.40. The van der Waals surface area contributed by atoms with Crippen molar-refractivity contribution < 1.29 is 0 Å². The van der Waals surface area contributed by atoms with Gasteiger partial charge < -0.3 is 5.32 Å². The Morgan fingerprint density at radius 3 is 2.74 bits per heavy atom. The van der Waals surface area contributed by atoms with Gasteiger partial charge in [0.2, 0.25) is 0 Å². The van der Waals surface area contributed by atoms with Crippen LogP contribution in [0.2, 0.25) is 0 Å². The summed E-state index contributed by atoms with van der Waals surface area (Å²) in [5.41, 5.74) is 3.04. The zero-order chi connectivity index (χ0) is 13.7. The largest absolute Gasteiger partial charge is 0.312 e. The van der Waals surface area contributed by atoms with E-state index in [0.717, 1.165) is 6.54 Å². The minimum absolute atomic E-state index is 0.488.